The number of hydrogen-bond donors (Lipinski definition) is 1. The first kappa shape index (κ1) is 16.4. The number of rotatable bonds is 3. The van der Waals surface area contributed by atoms with Gasteiger partial charge in [-0.3, -0.25) is 9.89 Å². The average molecular weight is 384 g/mol. The Kier molecular flexibility index (Phi) is 7.70. The standard InChI is InChI=1S/C12H24N4S.HI/c1-2-15-5-3-4-11(15)10-14-12(13)16-6-8-17-9-7-16;/h11H,2-10H2,1H3,(H2,13,14);1H. The van der Waals surface area contributed by atoms with Gasteiger partial charge in [0.25, 0.3) is 0 Å². The summed E-state index contributed by atoms with van der Waals surface area (Å²) in [4.78, 5) is 9.34. The number of nitrogens with two attached hydrogens (primary N) is 1. The summed E-state index contributed by atoms with van der Waals surface area (Å²) in [6.07, 6.45) is 2.59. The van der Waals surface area contributed by atoms with E-state index in [1.165, 1.54) is 30.9 Å². The quantitative estimate of drug-likeness (QED) is 0.455. The van der Waals surface area contributed by atoms with Gasteiger partial charge in [-0.2, -0.15) is 11.8 Å². The third kappa shape index (κ3) is 4.45. The van der Waals surface area contributed by atoms with Crippen molar-refractivity contribution in [1.29, 1.82) is 0 Å². The molecule has 0 bridgehead atoms. The van der Waals surface area contributed by atoms with E-state index in [2.05, 4.69) is 21.7 Å². The van der Waals surface area contributed by atoms with Gasteiger partial charge in [0.1, 0.15) is 0 Å². The van der Waals surface area contributed by atoms with Crippen LogP contribution in [0.2, 0.25) is 0 Å². The van der Waals surface area contributed by atoms with Crippen LogP contribution in [0, 0.1) is 0 Å². The van der Waals surface area contributed by atoms with E-state index in [-0.39, 0.29) is 24.0 Å². The Hall–Kier alpha value is 0.310. The first-order valence-electron chi connectivity index (χ1n) is 6.68. The summed E-state index contributed by atoms with van der Waals surface area (Å²) in [5.41, 5.74) is 6.06. The number of thioether (sulfide) groups is 1. The van der Waals surface area contributed by atoms with E-state index in [0.717, 1.165) is 32.1 Å². The number of halogens is 1. The summed E-state index contributed by atoms with van der Waals surface area (Å²) >= 11 is 2.00. The highest BCUT2D eigenvalue weighted by molar-refractivity contribution is 14.0. The maximum Gasteiger partial charge on any atom is 0.191 e. The first-order chi connectivity index (χ1) is 8.31. The molecule has 4 nitrogen and oxygen atoms in total. The van der Waals surface area contributed by atoms with Gasteiger partial charge in [-0.15, -0.1) is 24.0 Å². The van der Waals surface area contributed by atoms with Crippen LogP contribution in [0.4, 0.5) is 0 Å². The van der Waals surface area contributed by atoms with Crippen molar-refractivity contribution in [2.75, 3.05) is 44.2 Å². The molecule has 0 radical (unpaired) electrons. The minimum atomic E-state index is 0. The van der Waals surface area contributed by atoms with E-state index in [9.17, 15) is 0 Å². The van der Waals surface area contributed by atoms with E-state index < -0.39 is 0 Å². The lowest BCUT2D eigenvalue weighted by Gasteiger charge is -2.28. The molecule has 0 amide bonds. The third-order valence-electron chi connectivity index (χ3n) is 3.70. The lowest BCUT2D eigenvalue weighted by atomic mass is 10.2. The number of aliphatic imine (C=N–C) groups is 1. The number of nitrogens with zero attached hydrogens (tertiary/aromatic N) is 3. The average Bonchev–Trinajstić information content (AvgIpc) is 2.84. The topological polar surface area (TPSA) is 44.9 Å². The summed E-state index contributed by atoms with van der Waals surface area (Å²) in [5, 5.41) is 0. The van der Waals surface area contributed by atoms with Crippen molar-refractivity contribution in [2.45, 2.75) is 25.8 Å². The van der Waals surface area contributed by atoms with E-state index in [4.69, 9.17) is 5.73 Å². The highest BCUT2D eigenvalue weighted by Gasteiger charge is 2.22. The van der Waals surface area contributed by atoms with Crippen LogP contribution < -0.4 is 5.73 Å². The van der Waals surface area contributed by atoms with Crippen molar-refractivity contribution >= 4 is 41.7 Å². The zero-order valence-corrected chi connectivity index (χ0v) is 14.3. The molecule has 0 aromatic carbocycles. The van der Waals surface area contributed by atoms with Crippen LogP contribution in [0.15, 0.2) is 4.99 Å². The maximum atomic E-state index is 6.06. The molecule has 1 unspecified atom stereocenters. The molecule has 2 aliphatic heterocycles. The molecule has 1 atom stereocenters. The summed E-state index contributed by atoms with van der Waals surface area (Å²) in [6, 6.07) is 0.623. The van der Waals surface area contributed by atoms with Gasteiger partial charge in [-0.05, 0) is 25.9 Å². The second-order valence-electron chi connectivity index (χ2n) is 4.72. The molecule has 0 saturated carbocycles. The molecule has 2 saturated heterocycles. The minimum absolute atomic E-state index is 0. The van der Waals surface area contributed by atoms with Crippen LogP contribution >= 0.6 is 35.7 Å². The van der Waals surface area contributed by atoms with Gasteiger partial charge < -0.3 is 10.6 Å². The van der Waals surface area contributed by atoms with Crippen molar-refractivity contribution in [3.05, 3.63) is 0 Å². The molecule has 0 aliphatic carbocycles. The fraction of sp³-hybridized carbons (Fsp3) is 0.917. The molecule has 0 aromatic rings. The summed E-state index contributed by atoms with van der Waals surface area (Å²) in [5.74, 6) is 3.12. The Morgan fingerprint density at radius 2 is 2.06 bits per heavy atom. The third-order valence-corrected chi connectivity index (χ3v) is 4.65. The van der Waals surface area contributed by atoms with Crippen LogP contribution in [0.3, 0.4) is 0 Å². The molecule has 2 aliphatic rings. The maximum absolute atomic E-state index is 6.06. The van der Waals surface area contributed by atoms with Gasteiger partial charge in [0, 0.05) is 30.6 Å². The second kappa shape index (κ2) is 8.47. The number of guanidine groups is 1. The second-order valence-corrected chi connectivity index (χ2v) is 5.95. The normalized spacial score (nSPS) is 26.2. The van der Waals surface area contributed by atoms with Crippen molar-refractivity contribution < 1.29 is 0 Å². The molecular weight excluding hydrogens is 359 g/mol. The van der Waals surface area contributed by atoms with E-state index in [0.29, 0.717) is 6.04 Å². The Morgan fingerprint density at radius 1 is 1.33 bits per heavy atom. The van der Waals surface area contributed by atoms with Crippen LogP contribution in [0.5, 0.6) is 0 Å². The molecule has 106 valence electrons. The molecule has 6 heteroatoms. The van der Waals surface area contributed by atoms with Crippen molar-refractivity contribution in [3.8, 4) is 0 Å². The fourth-order valence-electron chi connectivity index (χ4n) is 2.61. The van der Waals surface area contributed by atoms with Crippen LogP contribution in [0.25, 0.3) is 0 Å². The predicted octanol–water partition coefficient (Wildman–Crippen LogP) is 1.45. The number of likely N-dealkylation sites (tertiary alicyclic amines) is 1. The lowest BCUT2D eigenvalue weighted by molar-refractivity contribution is 0.272. The Labute approximate surface area is 132 Å². The van der Waals surface area contributed by atoms with Crippen molar-refractivity contribution in [2.24, 2.45) is 10.7 Å². The van der Waals surface area contributed by atoms with Gasteiger partial charge in [0.2, 0.25) is 0 Å². The summed E-state index contributed by atoms with van der Waals surface area (Å²) < 4.78 is 0. The molecule has 18 heavy (non-hydrogen) atoms. The van der Waals surface area contributed by atoms with Crippen LogP contribution in [-0.2, 0) is 0 Å². The lowest BCUT2D eigenvalue weighted by Crippen LogP contribution is -2.43. The molecule has 2 N–H and O–H groups in total. The van der Waals surface area contributed by atoms with Crippen molar-refractivity contribution in [3.63, 3.8) is 0 Å². The fourth-order valence-corrected chi connectivity index (χ4v) is 3.51. The van der Waals surface area contributed by atoms with Gasteiger partial charge in [0.05, 0.1) is 6.54 Å². The highest BCUT2D eigenvalue weighted by atomic mass is 127. The van der Waals surface area contributed by atoms with Crippen molar-refractivity contribution in [1.82, 2.24) is 9.80 Å². The van der Waals surface area contributed by atoms with Crippen LogP contribution in [-0.4, -0.2) is 66.0 Å². The zero-order valence-electron chi connectivity index (χ0n) is 11.2. The molecule has 0 spiro atoms. The van der Waals surface area contributed by atoms with Gasteiger partial charge in [-0.1, -0.05) is 6.92 Å². The largest absolute Gasteiger partial charge is 0.370 e. The van der Waals surface area contributed by atoms with E-state index in [1.807, 2.05) is 11.8 Å². The Morgan fingerprint density at radius 3 is 2.72 bits per heavy atom. The number of hydrogen-bond acceptors (Lipinski definition) is 3. The predicted molar refractivity (Wildman–Crippen MR) is 91.1 cm³/mol. The van der Waals surface area contributed by atoms with Gasteiger partial charge in [0.15, 0.2) is 5.96 Å². The molecule has 0 aromatic heterocycles. The SMILES string of the molecule is CCN1CCCC1CN=C(N)N1CCSCC1.I. The Bertz CT molecular complexity index is 269. The minimum Gasteiger partial charge on any atom is -0.370 e. The summed E-state index contributed by atoms with van der Waals surface area (Å²) in [6.45, 7) is 7.60. The highest BCUT2D eigenvalue weighted by Crippen LogP contribution is 2.16. The van der Waals surface area contributed by atoms with Gasteiger partial charge in [-0.25, -0.2) is 0 Å². The van der Waals surface area contributed by atoms with E-state index >= 15 is 0 Å². The first-order valence-corrected chi connectivity index (χ1v) is 7.83. The Balaban J connectivity index is 0.00000162. The smallest absolute Gasteiger partial charge is 0.191 e. The van der Waals surface area contributed by atoms with Gasteiger partial charge >= 0.3 is 0 Å². The van der Waals surface area contributed by atoms with E-state index in [1.54, 1.807) is 0 Å². The zero-order chi connectivity index (χ0) is 12.1. The number of likely N-dealkylation sites (N-methyl/N-ethyl adjacent to an activating group) is 1. The monoisotopic (exact) mass is 384 g/mol. The molecule has 2 rings (SSSR count). The molecule has 2 fully saturated rings. The summed E-state index contributed by atoms with van der Waals surface area (Å²) in [7, 11) is 0. The molecular formula is C12H25IN4S. The van der Waals surface area contributed by atoms with Crippen LogP contribution in [0.1, 0.15) is 19.8 Å². The molecule has 2 heterocycles.